The minimum atomic E-state index is 0.539. The number of aromatic nitrogens is 1. The van der Waals surface area contributed by atoms with Crippen LogP contribution >= 0.6 is 27.3 Å². The molecule has 0 atom stereocenters. The SMILES string of the molecule is Cc1ccc(Nc2ncc(CN)s2)cc1Br. The van der Waals surface area contributed by atoms with E-state index in [1.807, 2.05) is 12.1 Å². The molecule has 0 radical (unpaired) electrons. The fourth-order valence-electron chi connectivity index (χ4n) is 1.25. The van der Waals surface area contributed by atoms with E-state index in [0.717, 1.165) is 20.2 Å². The minimum absolute atomic E-state index is 0.539. The van der Waals surface area contributed by atoms with E-state index in [-0.39, 0.29) is 0 Å². The highest BCUT2D eigenvalue weighted by Crippen LogP contribution is 2.25. The standard InChI is InChI=1S/C11H12BrN3S/c1-7-2-3-8(4-10(7)12)15-11-14-6-9(5-13)16-11/h2-4,6H,5,13H2,1H3,(H,14,15). The first kappa shape index (κ1) is 11.6. The van der Waals surface area contributed by atoms with Gasteiger partial charge < -0.3 is 11.1 Å². The maximum Gasteiger partial charge on any atom is 0.187 e. The lowest BCUT2D eigenvalue weighted by molar-refractivity contribution is 1.10. The first-order valence-corrected chi connectivity index (χ1v) is 6.48. The monoisotopic (exact) mass is 297 g/mol. The highest BCUT2D eigenvalue weighted by Gasteiger charge is 2.02. The van der Waals surface area contributed by atoms with Crippen molar-refractivity contribution in [3.8, 4) is 0 Å². The number of rotatable bonds is 3. The topological polar surface area (TPSA) is 50.9 Å². The van der Waals surface area contributed by atoms with Crippen LogP contribution in [0, 0.1) is 6.92 Å². The van der Waals surface area contributed by atoms with E-state index in [9.17, 15) is 0 Å². The van der Waals surface area contributed by atoms with E-state index in [4.69, 9.17) is 5.73 Å². The van der Waals surface area contributed by atoms with Gasteiger partial charge in [-0.15, -0.1) is 11.3 Å². The molecule has 1 heterocycles. The Morgan fingerprint density at radius 1 is 1.50 bits per heavy atom. The second-order valence-electron chi connectivity index (χ2n) is 3.42. The number of nitrogens with one attached hydrogen (secondary N) is 1. The first-order valence-electron chi connectivity index (χ1n) is 4.87. The predicted molar refractivity (Wildman–Crippen MR) is 72.2 cm³/mol. The van der Waals surface area contributed by atoms with E-state index in [1.165, 1.54) is 5.56 Å². The summed E-state index contributed by atoms with van der Waals surface area (Å²) in [5.41, 5.74) is 7.77. The summed E-state index contributed by atoms with van der Waals surface area (Å²) in [5.74, 6) is 0. The molecule has 5 heteroatoms. The first-order chi connectivity index (χ1) is 7.69. The van der Waals surface area contributed by atoms with Crippen molar-refractivity contribution in [2.24, 2.45) is 5.73 Å². The zero-order chi connectivity index (χ0) is 11.5. The van der Waals surface area contributed by atoms with Gasteiger partial charge in [-0.1, -0.05) is 22.0 Å². The van der Waals surface area contributed by atoms with Crippen molar-refractivity contribution in [1.29, 1.82) is 0 Å². The van der Waals surface area contributed by atoms with Crippen molar-refractivity contribution in [2.75, 3.05) is 5.32 Å². The molecular weight excluding hydrogens is 286 g/mol. The van der Waals surface area contributed by atoms with Crippen LogP contribution in [0.2, 0.25) is 0 Å². The highest BCUT2D eigenvalue weighted by molar-refractivity contribution is 9.10. The molecule has 84 valence electrons. The van der Waals surface area contributed by atoms with Crippen LogP contribution in [-0.2, 0) is 6.54 Å². The lowest BCUT2D eigenvalue weighted by atomic mass is 10.2. The van der Waals surface area contributed by atoms with Crippen molar-refractivity contribution in [1.82, 2.24) is 4.98 Å². The molecule has 0 aliphatic heterocycles. The van der Waals surface area contributed by atoms with Crippen molar-refractivity contribution in [3.05, 3.63) is 39.3 Å². The van der Waals surface area contributed by atoms with Gasteiger partial charge in [-0.05, 0) is 24.6 Å². The summed E-state index contributed by atoms with van der Waals surface area (Å²) in [7, 11) is 0. The van der Waals surface area contributed by atoms with Crippen molar-refractivity contribution in [3.63, 3.8) is 0 Å². The Morgan fingerprint density at radius 2 is 2.31 bits per heavy atom. The zero-order valence-electron chi connectivity index (χ0n) is 8.83. The Kier molecular flexibility index (Phi) is 3.58. The summed E-state index contributed by atoms with van der Waals surface area (Å²) in [5, 5.41) is 4.12. The molecule has 0 aliphatic rings. The molecule has 0 saturated heterocycles. The summed E-state index contributed by atoms with van der Waals surface area (Å²) in [6.45, 7) is 2.60. The van der Waals surface area contributed by atoms with Gasteiger partial charge in [-0.3, -0.25) is 0 Å². The fourth-order valence-corrected chi connectivity index (χ4v) is 2.34. The van der Waals surface area contributed by atoms with Gasteiger partial charge in [0.1, 0.15) is 0 Å². The predicted octanol–water partition coefficient (Wildman–Crippen LogP) is 3.42. The van der Waals surface area contributed by atoms with Crippen molar-refractivity contribution >= 4 is 38.1 Å². The molecule has 0 bridgehead atoms. The van der Waals surface area contributed by atoms with Gasteiger partial charge >= 0.3 is 0 Å². The fraction of sp³-hybridized carbons (Fsp3) is 0.182. The van der Waals surface area contributed by atoms with E-state index in [1.54, 1.807) is 17.5 Å². The molecule has 0 aliphatic carbocycles. The summed E-state index contributed by atoms with van der Waals surface area (Å²) >= 11 is 5.08. The number of nitrogens with zero attached hydrogens (tertiary/aromatic N) is 1. The van der Waals surface area contributed by atoms with Crippen LogP contribution < -0.4 is 11.1 Å². The van der Waals surface area contributed by atoms with Crippen LogP contribution in [0.4, 0.5) is 10.8 Å². The maximum atomic E-state index is 5.54. The number of benzene rings is 1. The quantitative estimate of drug-likeness (QED) is 0.913. The summed E-state index contributed by atoms with van der Waals surface area (Å²) in [4.78, 5) is 5.32. The van der Waals surface area contributed by atoms with Gasteiger partial charge in [0.15, 0.2) is 5.13 Å². The van der Waals surface area contributed by atoms with E-state index in [2.05, 4.69) is 39.2 Å². The number of hydrogen-bond donors (Lipinski definition) is 2. The summed E-state index contributed by atoms with van der Waals surface area (Å²) < 4.78 is 1.09. The smallest absolute Gasteiger partial charge is 0.187 e. The molecule has 0 saturated carbocycles. The van der Waals surface area contributed by atoms with Crippen molar-refractivity contribution < 1.29 is 0 Å². The highest BCUT2D eigenvalue weighted by atomic mass is 79.9. The number of halogens is 1. The van der Waals surface area contributed by atoms with Crippen LogP contribution in [-0.4, -0.2) is 4.98 Å². The van der Waals surface area contributed by atoms with E-state index < -0.39 is 0 Å². The second-order valence-corrected chi connectivity index (χ2v) is 5.39. The van der Waals surface area contributed by atoms with Gasteiger partial charge in [0.2, 0.25) is 0 Å². The van der Waals surface area contributed by atoms with E-state index in [0.29, 0.717) is 6.54 Å². The average Bonchev–Trinajstić information content (AvgIpc) is 2.71. The van der Waals surface area contributed by atoms with Gasteiger partial charge in [-0.2, -0.15) is 0 Å². The summed E-state index contributed by atoms with van der Waals surface area (Å²) in [6.07, 6.45) is 1.80. The molecule has 1 aromatic carbocycles. The third-order valence-corrected chi connectivity index (χ3v) is 3.97. The number of anilines is 2. The normalized spacial score (nSPS) is 10.4. The van der Waals surface area contributed by atoms with E-state index >= 15 is 0 Å². The van der Waals surface area contributed by atoms with Crippen LogP contribution in [0.3, 0.4) is 0 Å². The van der Waals surface area contributed by atoms with Gasteiger partial charge in [-0.25, -0.2) is 4.98 Å². The lowest BCUT2D eigenvalue weighted by Gasteiger charge is -2.04. The third kappa shape index (κ3) is 2.61. The third-order valence-electron chi connectivity index (χ3n) is 2.18. The maximum absolute atomic E-state index is 5.54. The number of nitrogens with two attached hydrogens (primary N) is 1. The molecule has 0 amide bonds. The molecule has 2 aromatic rings. The van der Waals surface area contributed by atoms with Crippen LogP contribution in [0.25, 0.3) is 0 Å². The Bertz CT molecular complexity index is 496. The van der Waals surface area contributed by atoms with Crippen LogP contribution in [0.5, 0.6) is 0 Å². The molecule has 2 rings (SSSR count). The van der Waals surface area contributed by atoms with Crippen molar-refractivity contribution in [2.45, 2.75) is 13.5 Å². The Labute approximate surface area is 107 Å². The largest absolute Gasteiger partial charge is 0.332 e. The van der Waals surface area contributed by atoms with Crippen LogP contribution in [0.15, 0.2) is 28.9 Å². The molecule has 0 spiro atoms. The van der Waals surface area contributed by atoms with Gasteiger partial charge in [0, 0.05) is 27.8 Å². The van der Waals surface area contributed by atoms with Gasteiger partial charge in [0.05, 0.1) is 0 Å². The zero-order valence-corrected chi connectivity index (χ0v) is 11.2. The molecule has 1 aromatic heterocycles. The second kappa shape index (κ2) is 4.95. The Hall–Kier alpha value is -0.910. The Balaban J connectivity index is 2.17. The number of hydrogen-bond acceptors (Lipinski definition) is 4. The lowest BCUT2D eigenvalue weighted by Crippen LogP contribution is -1.91. The van der Waals surface area contributed by atoms with Gasteiger partial charge in [0.25, 0.3) is 0 Å². The number of thiazole rings is 1. The minimum Gasteiger partial charge on any atom is -0.332 e. The Morgan fingerprint density at radius 3 is 2.94 bits per heavy atom. The molecule has 3 N–H and O–H groups in total. The molecule has 16 heavy (non-hydrogen) atoms. The molecular formula is C11H12BrN3S. The average molecular weight is 298 g/mol. The number of aryl methyl sites for hydroxylation is 1. The molecule has 3 nitrogen and oxygen atoms in total. The molecule has 0 unspecified atom stereocenters. The van der Waals surface area contributed by atoms with Crippen LogP contribution in [0.1, 0.15) is 10.4 Å². The molecule has 0 fully saturated rings. The summed E-state index contributed by atoms with van der Waals surface area (Å²) in [6, 6.07) is 6.13.